The van der Waals surface area contributed by atoms with E-state index in [0.717, 1.165) is 59.3 Å². The monoisotopic (exact) mass is 939 g/mol. The highest BCUT2D eigenvalue weighted by Gasteiger charge is 2.47. The lowest BCUT2D eigenvalue weighted by atomic mass is 8.46. The number of ketones is 1. The Morgan fingerprint density at radius 1 is 0.758 bits per heavy atom. The van der Waals surface area contributed by atoms with Crippen molar-refractivity contribution in [2.24, 2.45) is 11.8 Å². The quantitative estimate of drug-likeness (QED) is 0.111. The normalized spacial score (nSPS) is 19.5. The van der Waals surface area contributed by atoms with Crippen LogP contribution in [0.15, 0.2) is 84.9 Å². The number of carbonyl (C=O) groups excluding carboxylic acids is 3. The summed E-state index contributed by atoms with van der Waals surface area (Å²) in [4.78, 5) is 39.2. The van der Waals surface area contributed by atoms with Crippen LogP contribution in [0.5, 0.6) is 0 Å². The third-order valence-corrected chi connectivity index (χ3v) is 14.2. The number of aryl methyl sites for hydroxylation is 1. The minimum atomic E-state index is -0.754. The molecular weight excluding hydrogens is 887 g/mol. The Labute approximate surface area is 421 Å². The number of amides is 2. The number of benzene rings is 3. The fourth-order valence-electron chi connectivity index (χ4n) is 8.32. The van der Waals surface area contributed by atoms with Gasteiger partial charge in [-0.3, -0.25) is 9.88 Å². The number of nitrogens with two attached hydrogens (primary N) is 1. The Kier molecular flexibility index (Phi) is 27.7. The molecule has 0 spiro atoms. The number of ether oxygens (including phenoxy) is 2. The standard InChI is InChI=1S/C15H22N2O2P2.C14H15NO3.C7H9N.C2H4Cl2.B15/c1-20-21-16-14-8-13-7-12(14)9-17(13)15(18)19-10-11-5-3-2-4-6-11;16-13-7-12-6-11(13)8-15(12)14(17)18-9-10-4-2-1-3-5-10;1-6-2-4-7(8)5-3-6;3-1-2-4;1-9-13(8)15(12(6)7)14(10(2)3)11(4)5/h2-6,12-14,16,20-21H,7-10H2,1H3;1-5,11-12H,6-9H2;2-5H,8H2,1H3;1-2H2;/t12-,13-,14-;11-,12-;;;/m11.../s1. The molecule has 3 aromatic rings. The van der Waals surface area contributed by atoms with E-state index < -0.39 is 38.3 Å². The summed E-state index contributed by atoms with van der Waals surface area (Å²) < 4.78 is 10.7. The smallest absolute Gasteiger partial charge is 0.410 e. The van der Waals surface area contributed by atoms with Crippen molar-refractivity contribution in [3.63, 3.8) is 0 Å². The lowest BCUT2D eigenvalue weighted by Gasteiger charge is -2.35. The van der Waals surface area contributed by atoms with Crippen LogP contribution in [0.25, 0.3) is 0 Å². The molecular formula is C38H50B15Cl2N4O5P2. The summed E-state index contributed by atoms with van der Waals surface area (Å²) in [6.07, 6.45) is -0.666. The van der Waals surface area contributed by atoms with Crippen molar-refractivity contribution in [1.29, 1.82) is 0 Å². The Balaban J connectivity index is 0.000000236. The second-order valence-electron chi connectivity index (χ2n) is 16.6. The lowest BCUT2D eigenvalue weighted by Crippen LogP contribution is -2.73. The van der Waals surface area contributed by atoms with Gasteiger partial charge in [0, 0.05) is 168 Å². The van der Waals surface area contributed by atoms with Gasteiger partial charge in [-0.1, -0.05) is 86.6 Å². The predicted octanol–water partition coefficient (Wildman–Crippen LogP) is 2.51. The van der Waals surface area contributed by atoms with E-state index in [1.165, 1.54) is 12.6 Å². The van der Waals surface area contributed by atoms with E-state index in [9.17, 15) is 14.4 Å². The van der Waals surface area contributed by atoms with Crippen LogP contribution in [-0.4, -0.2) is 185 Å². The molecule has 2 amide bonds. The van der Waals surface area contributed by atoms with Gasteiger partial charge in [-0.05, 0) is 70.4 Å². The van der Waals surface area contributed by atoms with E-state index in [1.54, 1.807) is 4.90 Å². The van der Waals surface area contributed by atoms with Crippen molar-refractivity contribution in [1.82, 2.24) is 14.9 Å². The first-order valence-corrected chi connectivity index (χ1v) is 26.5. The first kappa shape index (κ1) is 58.4. The summed E-state index contributed by atoms with van der Waals surface area (Å²) in [6, 6.07) is 28.3. The number of nitrogens with one attached hydrogen (secondary N) is 1. The van der Waals surface area contributed by atoms with Crippen LogP contribution in [0.1, 0.15) is 42.4 Å². The second-order valence-corrected chi connectivity index (χ2v) is 20.6. The Morgan fingerprint density at radius 3 is 1.62 bits per heavy atom. The molecule has 7 rings (SSSR count). The molecule has 9 nitrogen and oxygen atoms in total. The van der Waals surface area contributed by atoms with Crippen molar-refractivity contribution in [3.05, 3.63) is 102 Å². The van der Waals surface area contributed by atoms with Gasteiger partial charge in [0.1, 0.15) is 19.0 Å². The van der Waals surface area contributed by atoms with E-state index >= 15 is 0 Å². The number of nitrogen functional groups attached to an aromatic ring is 1. The maximum Gasteiger partial charge on any atom is 0.410 e. The summed E-state index contributed by atoms with van der Waals surface area (Å²) in [5, 5.41) is 3.64. The molecule has 4 bridgehead atoms. The molecule has 2 aliphatic heterocycles. The largest absolute Gasteiger partial charge is 0.445 e. The number of hydrogen-bond acceptors (Lipinski definition) is 7. The Hall–Kier alpha value is -1.96. The average molecular weight is 938 g/mol. The first-order chi connectivity index (χ1) is 31.5. The summed E-state index contributed by atoms with van der Waals surface area (Å²) >= 11 is 10.1. The van der Waals surface area contributed by atoms with Crippen molar-refractivity contribution in [2.75, 3.05) is 37.2 Å². The number of piperidine rings is 2. The van der Waals surface area contributed by atoms with Gasteiger partial charge in [0.05, 0.1) is 0 Å². The molecule has 66 heavy (non-hydrogen) atoms. The van der Waals surface area contributed by atoms with Crippen molar-refractivity contribution in [3.8, 4) is 0 Å². The number of Topliss-reactive ketones (excluding diaryl/α,β-unsaturated/α-hetero) is 1. The molecule has 0 aromatic heterocycles. The number of halogens is 2. The van der Waals surface area contributed by atoms with Gasteiger partial charge >= 0.3 is 12.2 Å². The maximum atomic E-state index is 12.2. The minimum absolute atomic E-state index is 0.0549. The molecule has 2 unspecified atom stereocenters. The number of carbonyl (C=O) groups is 3. The van der Waals surface area contributed by atoms with Gasteiger partial charge in [-0.15, -0.1) is 23.2 Å². The van der Waals surface area contributed by atoms with Crippen LogP contribution >= 0.6 is 39.9 Å². The van der Waals surface area contributed by atoms with Gasteiger partial charge in [-0.2, -0.15) is 0 Å². The van der Waals surface area contributed by atoms with Crippen LogP contribution in [0, 0.1) is 18.8 Å². The summed E-state index contributed by atoms with van der Waals surface area (Å²) in [5.41, 5.74) is 9.52. The number of hydrogen-bond donors (Lipinski definition) is 2. The van der Waals surface area contributed by atoms with Crippen LogP contribution in [0.2, 0.25) is 0 Å². The fourth-order valence-corrected chi connectivity index (χ4v) is 10.00. The third-order valence-electron chi connectivity index (χ3n) is 11.7. The highest BCUT2D eigenvalue weighted by Crippen LogP contribution is 2.41. The molecule has 2 saturated heterocycles. The third kappa shape index (κ3) is 19.4. The van der Waals surface area contributed by atoms with Gasteiger partial charge < -0.3 is 25.0 Å². The Morgan fingerprint density at radius 2 is 1.26 bits per heavy atom. The molecule has 321 valence electrons. The zero-order valence-electron chi connectivity index (χ0n) is 38.0. The Bertz CT molecular complexity index is 1840. The van der Waals surface area contributed by atoms with Crippen LogP contribution in [0.4, 0.5) is 15.3 Å². The molecule has 3 N–H and O–H groups in total. The van der Waals surface area contributed by atoms with E-state index in [0.29, 0.717) is 61.7 Å². The minimum Gasteiger partial charge on any atom is -0.445 e. The predicted molar refractivity (Wildman–Crippen MR) is 298 cm³/mol. The van der Waals surface area contributed by atoms with Gasteiger partial charge in [0.25, 0.3) is 0 Å². The molecule has 2 heterocycles. The van der Waals surface area contributed by atoms with E-state index in [-0.39, 0.29) is 24.1 Å². The van der Waals surface area contributed by atoms with E-state index in [2.05, 4.69) is 11.8 Å². The summed E-state index contributed by atoms with van der Waals surface area (Å²) in [5.74, 6) is 2.08. The molecule has 4 aliphatic rings. The molecule has 2 aliphatic carbocycles. The zero-order valence-corrected chi connectivity index (χ0v) is 41.5. The molecule has 2 saturated carbocycles. The molecule has 17 radical (unpaired) electrons. The zero-order chi connectivity index (χ0) is 48.8. The average Bonchev–Trinajstić information content (AvgIpc) is 4.12. The summed E-state index contributed by atoms with van der Waals surface area (Å²) in [6.45, 7) is 6.32. The number of fused-ring (bicyclic) bond motifs is 4. The van der Waals surface area contributed by atoms with Crippen molar-refractivity contribution < 1.29 is 23.9 Å². The number of rotatable bonds is 14. The SMILES string of the molecule is CPPN[C@@H]1C[C@H]2C[C@@H]1CN2C(=O)OCc1ccccc1.Cc1ccc(N)cc1.ClCCCl.O=C1C[C@H]2C[C@@H]1CN2C(=O)OCc1ccccc1.[B][B]B([B])B(B([B])[B])B(B([B])[B])B([B])[B]. The molecule has 4 fully saturated rings. The highest BCUT2D eigenvalue weighted by molar-refractivity contribution is 8.12. The van der Waals surface area contributed by atoms with Crippen LogP contribution in [-0.2, 0) is 27.5 Å². The van der Waals surface area contributed by atoms with Crippen LogP contribution < -0.4 is 10.8 Å². The molecule has 3 aromatic carbocycles. The van der Waals surface area contributed by atoms with E-state index in [4.69, 9.17) is 100 Å². The number of likely N-dealkylation sites (tertiary alicyclic amines) is 2. The van der Waals surface area contributed by atoms with Gasteiger partial charge in [0.15, 0.2) is 0 Å². The lowest BCUT2D eigenvalue weighted by molar-refractivity contribution is -0.122. The van der Waals surface area contributed by atoms with E-state index in [1.807, 2.05) is 96.8 Å². The number of nitrogens with zero attached hydrogens (tertiary/aromatic N) is 2. The second kappa shape index (κ2) is 31.3. The van der Waals surface area contributed by atoms with Crippen molar-refractivity contribution >= 4 is 171 Å². The molecule has 28 heteroatoms. The van der Waals surface area contributed by atoms with Crippen molar-refractivity contribution in [2.45, 2.75) is 63.9 Å². The number of anilines is 1. The topological polar surface area (TPSA) is 114 Å². The fraction of sp³-hybridized carbons (Fsp3) is 0.447. The van der Waals surface area contributed by atoms with Gasteiger partial charge in [-0.25, -0.2) is 9.59 Å². The summed E-state index contributed by atoms with van der Waals surface area (Å²) in [7, 11) is 47.6. The first-order valence-electron chi connectivity index (χ1n) is 22.0. The maximum absolute atomic E-state index is 12.2. The van der Waals surface area contributed by atoms with Gasteiger partial charge in [0.2, 0.25) is 0 Å². The highest BCUT2D eigenvalue weighted by atomic mass is 35.5. The molecule has 7 atom stereocenters. The number of alkyl halides is 2. The van der Waals surface area contributed by atoms with Crippen LogP contribution in [0.3, 0.4) is 0 Å².